The van der Waals surface area contributed by atoms with Crippen molar-refractivity contribution in [2.75, 3.05) is 0 Å². The maximum atomic E-state index is 5.77. The molecule has 1 nitrogen and oxygen atoms in total. The molecule has 0 radical (unpaired) electrons. The van der Waals surface area contributed by atoms with Gasteiger partial charge in [0.05, 0.1) is 0 Å². The molecule has 0 N–H and O–H groups in total. The van der Waals surface area contributed by atoms with Gasteiger partial charge in [-0.3, -0.25) is 0 Å². The van der Waals surface area contributed by atoms with Crippen molar-refractivity contribution in [1.82, 2.24) is 0 Å². The van der Waals surface area contributed by atoms with E-state index in [0.29, 0.717) is 0 Å². The van der Waals surface area contributed by atoms with Crippen LogP contribution in [-0.2, 0) is 0 Å². The summed E-state index contributed by atoms with van der Waals surface area (Å²) < 4.78 is 5.77. The van der Waals surface area contributed by atoms with Crippen LogP contribution in [0, 0.1) is 0 Å². The van der Waals surface area contributed by atoms with Crippen molar-refractivity contribution in [2.45, 2.75) is 0 Å². The van der Waals surface area contributed by atoms with Gasteiger partial charge in [-0.25, -0.2) is 0 Å². The van der Waals surface area contributed by atoms with Gasteiger partial charge in [0.15, 0.2) is 0 Å². The first-order valence-corrected chi connectivity index (χ1v) is 5.60. The fourth-order valence-electron chi connectivity index (χ4n) is 2.55. The van der Waals surface area contributed by atoms with Gasteiger partial charge >= 0.3 is 0 Å². The third kappa shape index (κ3) is 0.942. The Bertz CT molecular complexity index is 882. The first-order valence-electron chi connectivity index (χ1n) is 5.60. The van der Waals surface area contributed by atoms with E-state index in [-0.39, 0.29) is 0 Å². The van der Waals surface area contributed by atoms with Crippen LogP contribution in [0.1, 0.15) is 0 Å². The molecule has 0 fully saturated rings. The Morgan fingerprint density at radius 3 is 1.71 bits per heavy atom. The molecule has 2 aromatic heterocycles. The Labute approximate surface area is 97.6 Å². The number of hydrogen-bond acceptors (Lipinski definition) is 1. The zero-order valence-corrected chi connectivity index (χ0v) is 9.29. The van der Waals surface area contributed by atoms with E-state index < -0.39 is 0 Å². The Balaban J connectivity index is 2.40. The van der Waals surface area contributed by atoms with Gasteiger partial charge < -0.3 is 4.42 Å². The van der Waals surface area contributed by atoms with Crippen LogP contribution in [0.3, 0.4) is 0 Å². The lowest BCUT2D eigenvalue weighted by Gasteiger charge is -1.98. The van der Waals surface area contributed by atoms with Crippen LogP contribution in [0.15, 0.2) is 40.8 Å². The van der Waals surface area contributed by atoms with E-state index in [1.165, 1.54) is 10.8 Å². The average Bonchev–Trinajstić information content (AvgIpc) is 2.85. The predicted octanol–water partition coefficient (Wildman–Crippen LogP) is 3.00. The largest absolute Gasteiger partial charge is 0.455 e. The van der Waals surface area contributed by atoms with Crippen LogP contribution in [0.4, 0.5) is 0 Å². The van der Waals surface area contributed by atoms with Gasteiger partial charge in [0, 0.05) is 21.2 Å². The van der Waals surface area contributed by atoms with E-state index in [1.807, 2.05) is 12.1 Å². The van der Waals surface area contributed by atoms with Gasteiger partial charge in [-0.2, -0.15) is 0 Å². The zero-order valence-electron chi connectivity index (χ0n) is 9.29. The Morgan fingerprint density at radius 2 is 1.24 bits per heavy atom. The molecule has 0 unspecified atom stereocenters. The van der Waals surface area contributed by atoms with Gasteiger partial charge in [-0.05, 0) is 22.9 Å². The molecule has 80 valence electrons. The molecule has 0 spiro atoms. The summed E-state index contributed by atoms with van der Waals surface area (Å²) in [5.74, 6) is 0. The van der Waals surface area contributed by atoms with Crippen molar-refractivity contribution in [3.8, 4) is 0 Å². The quantitative estimate of drug-likeness (QED) is 0.413. The van der Waals surface area contributed by atoms with Gasteiger partial charge in [-0.15, -0.1) is 0 Å². The van der Waals surface area contributed by atoms with E-state index >= 15 is 0 Å². The highest BCUT2D eigenvalue weighted by molar-refractivity contribution is 6.12. The minimum Gasteiger partial charge on any atom is -0.455 e. The fourth-order valence-corrected chi connectivity index (χ4v) is 2.55. The van der Waals surface area contributed by atoms with Gasteiger partial charge in [0.1, 0.15) is 11.2 Å². The normalized spacial score (nSPS) is 12.0. The van der Waals surface area contributed by atoms with E-state index in [4.69, 9.17) is 4.42 Å². The number of furan rings is 2. The van der Waals surface area contributed by atoms with Crippen LogP contribution in [0.2, 0.25) is 0 Å². The van der Waals surface area contributed by atoms with Crippen molar-refractivity contribution in [1.29, 1.82) is 0 Å². The number of benzene rings is 3. The maximum absolute atomic E-state index is 5.77. The SMILES string of the molecule is C=c1c(=C)c2oc1c1cc3ccccc3cc21. The van der Waals surface area contributed by atoms with Crippen LogP contribution in [-0.4, -0.2) is 0 Å². The van der Waals surface area contributed by atoms with Gasteiger partial charge in [0.25, 0.3) is 0 Å². The van der Waals surface area contributed by atoms with Crippen LogP contribution < -0.4 is 10.4 Å². The molecule has 4 aromatic rings. The number of fused-ring (bicyclic) bond motifs is 6. The average molecular weight is 218 g/mol. The standard InChI is InChI=1S/C16H10O/c1-9-10(2)16-14-8-12-6-4-3-5-11(12)7-13(14)15(9)17-16/h3-8H,1-2H2. The molecule has 0 amide bonds. The molecule has 0 aliphatic carbocycles. The van der Waals surface area contributed by atoms with Crippen molar-refractivity contribution in [3.63, 3.8) is 0 Å². The zero-order chi connectivity index (χ0) is 11.6. The second-order valence-corrected chi connectivity index (χ2v) is 4.46. The number of rotatable bonds is 0. The van der Waals surface area contributed by atoms with Crippen LogP contribution >= 0.6 is 0 Å². The summed E-state index contributed by atoms with van der Waals surface area (Å²) in [5, 5.41) is 6.60. The van der Waals surface area contributed by atoms with E-state index in [9.17, 15) is 0 Å². The molecule has 4 rings (SSSR count). The highest BCUT2D eigenvalue weighted by Crippen LogP contribution is 2.30. The third-order valence-corrected chi connectivity index (χ3v) is 3.49. The maximum Gasteiger partial charge on any atom is 0.142 e. The molecule has 2 aromatic carbocycles. The van der Waals surface area contributed by atoms with E-state index in [2.05, 4.69) is 37.4 Å². The van der Waals surface area contributed by atoms with Crippen molar-refractivity contribution < 1.29 is 4.42 Å². The Hall–Kier alpha value is -2.28. The van der Waals surface area contributed by atoms with E-state index in [1.54, 1.807) is 0 Å². The highest BCUT2D eigenvalue weighted by atomic mass is 16.3. The Morgan fingerprint density at radius 1 is 0.765 bits per heavy atom. The topological polar surface area (TPSA) is 13.1 Å². The first-order chi connectivity index (χ1) is 8.25. The van der Waals surface area contributed by atoms with Crippen LogP contribution in [0.5, 0.6) is 0 Å². The van der Waals surface area contributed by atoms with Gasteiger partial charge in [-0.1, -0.05) is 37.4 Å². The summed E-state index contributed by atoms with van der Waals surface area (Å²) in [7, 11) is 0. The molecule has 0 aliphatic rings. The Kier molecular flexibility index (Phi) is 1.40. The van der Waals surface area contributed by atoms with E-state index in [0.717, 1.165) is 32.4 Å². The third-order valence-electron chi connectivity index (χ3n) is 3.49. The second-order valence-electron chi connectivity index (χ2n) is 4.46. The summed E-state index contributed by atoms with van der Waals surface area (Å²) >= 11 is 0. The molecule has 0 aliphatic heterocycles. The molecule has 17 heavy (non-hydrogen) atoms. The molecule has 2 heterocycles. The smallest absolute Gasteiger partial charge is 0.142 e. The molecule has 0 atom stereocenters. The molecule has 0 saturated heterocycles. The fraction of sp³-hybridized carbons (Fsp3) is 0. The second kappa shape index (κ2) is 2.69. The molecule has 0 saturated carbocycles. The molecular weight excluding hydrogens is 208 g/mol. The summed E-state index contributed by atoms with van der Waals surface area (Å²) in [5.41, 5.74) is 1.76. The number of hydrogen-bond donors (Lipinski definition) is 0. The summed E-state index contributed by atoms with van der Waals surface area (Å²) in [6, 6.07) is 12.7. The summed E-state index contributed by atoms with van der Waals surface area (Å²) in [6.07, 6.45) is 0. The lowest BCUT2D eigenvalue weighted by molar-refractivity contribution is 0.676. The van der Waals surface area contributed by atoms with Gasteiger partial charge in [0.2, 0.25) is 0 Å². The predicted molar refractivity (Wildman–Crippen MR) is 72.7 cm³/mol. The van der Waals surface area contributed by atoms with Crippen molar-refractivity contribution >= 4 is 45.9 Å². The summed E-state index contributed by atoms with van der Waals surface area (Å²) in [6.45, 7) is 8.03. The minimum absolute atomic E-state index is 0.880. The molecular formula is C16H10O. The summed E-state index contributed by atoms with van der Waals surface area (Å²) in [4.78, 5) is 0. The lowest BCUT2D eigenvalue weighted by Crippen LogP contribution is -2.18. The van der Waals surface area contributed by atoms with Crippen molar-refractivity contribution in [3.05, 3.63) is 46.8 Å². The minimum atomic E-state index is 0.880. The monoisotopic (exact) mass is 218 g/mol. The first kappa shape index (κ1) is 8.82. The highest BCUT2D eigenvalue weighted by Gasteiger charge is 2.13. The van der Waals surface area contributed by atoms with Crippen LogP contribution in [0.25, 0.3) is 45.9 Å². The molecule has 1 heteroatoms. The van der Waals surface area contributed by atoms with Crippen molar-refractivity contribution in [2.24, 2.45) is 0 Å². The molecule has 2 bridgehead atoms. The lowest BCUT2D eigenvalue weighted by atomic mass is 10.0.